The maximum atomic E-state index is 12.8. The summed E-state index contributed by atoms with van der Waals surface area (Å²) in [5.41, 5.74) is -0.896. The summed E-state index contributed by atoms with van der Waals surface area (Å²) in [6, 6.07) is 2.58. The van der Waals surface area contributed by atoms with E-state index in [0.717, 1.165) is 18.2 Å². The lowest BCUT2D eigenvalue weighted by atomic mass is 9.88. The first-order chi connectivity index (χ1) is 14.1. The summed E-state index contributed by atoms with van der Waals surface area (Å²) in [5.74, 6) is 0.0412. The number of Topliss-reactive ketones (excluding diaryl/α,β-unsaturated/α-hetero) is 1. The Balaban J connectivity index is 1.34. The van der Waals surface area contributed by atoms with Gasteiger partial charge in [0.1, 0.15) is 6.61 Å². The molecule has 1 aromatic carbocycles. The Kier molecular flexibility index (Phi) is 5.84. The van der Waals surface area contributed by atoms with Crippen LogP contribution in [0.2, 0.25) is 5.02 Å². The predicted octanol–water partition coefficient (Wildman–Crippen LogP) is 2.95. The Morgan fingerprint density at radius 2 is 1.93 bits per heavy atom. The average molecular weight is 465 g/mol. The molecule has 0 radical (unpaired) electrons. The fourth-order valence-electron chi connectivity index (χ4n) is 4.10. The van der Waals surface area contributed by atoms with Crippen LogP contribution < -0.4 is 0 Å². The number of likely N-dealkylation sites (tertiary alicyclic amines) is 2. The number of rotatable bonds is 2. The van der Waals surface area contributed by atoms with Gasteiger partial charge in [0.2, 0.25) is 0 Å². The van der Waals surface area contributed by atoms with Gasteiger partial charge in [0, 0.05) is 38.5 Å². The molecule has 3 aliphatic heterocycles. The highest BCUT2D eigenvalue weighted by Gasteiger charge is 2.42. The highest BCUT2D eigenvalue weighted by atomic mass is 35.5. The smallest absolute Gasteiger partial charge is 0.370 e. The summed E-state index contributed by atoms with van der Waals surface area (Å²) in [4.78, 5) is 27.7. The molecule has 3 atom stereocenters. The van der Waals surface area contributed by atoms with Gasteiger partial charge in [-0.05, 0) is 24.6 Å². The first kappa shape index (κ1) is 21.6. The fraction of sp³-hybridized carbons (Fsp3) is 0.579. The van der Waals surface area contributed by atoms with Crippen molar-refractivity contribution in [3.8, 4) is 0 Å². The van der Waals surface area contributed by atoms with E-state index >= 15 is 0 Å². The molecule has 2 amide bonds. The Morgan fingerprint density at radius 3 is 2.60 bits per heavy atom. The molecule has 0 N–H and O–H groups in total. The van der Waals surface area contributed by atoms with E-state index in [9.17, 15) is 27.0 Å². The van der Waals surface area contributed by atoms with Crippen molar-refractivity contribution in [2.24, 2.45) is 5.92 Å². The van der Waals surface area contributed by atoms with Gasteiger partial charge in [0.15, 0.2) is 5.78 Å². The number of benzene rings is 1. The van der Waals surface area contributed by atoms with Crippen LogP contribution in [0.1, 0.15) is 18.4 Å². The number of ketones is 1. The largest absolute Gasteiger partial charge is 0.416 e. The number of hydrogen-bond donors (Lipinski definition) is 0. The van der Waals surface area contributed by atoms with Crippen LogP contribution >= 0.6 is 11.6 Å². The Labute approximate surface area is 178 Å². The standard InChI is InChI=1S/C19H20ClF3N2O4S/c20-15-6-12(19(21,22)23)1-2-17(15)30(28)14-8-25(9-14)18(27)24-4-3-16-11(7-24)5-13(26)10-29-16/h1-2,6,11,14,16H,3-5,7-10H2/t11-,16+,30?/m1/s1. The first-order valence-electron chi connectivity index (χ1n) is 9.58. The van der Waals surface area contributed by atoms with Crippen LogP contribution in [-0.2, 0) is 26.5 Å². The van der Waals surface area contributed by atoms with Gasteiger partial charge < -0.3 is 14.5 Å². The molecule has 4 rings (SSSR count). The third-order valence-electron chi connectivity index (χ3n) is 5.78. The number of carbonyl (C=O) groups excluding carboxylic acids is 2. The molecule has 1 unspecified atom stereocenters. The molecule has 0 saturated carbocycles. The summed E-state index contributed by atoms with van der Waals surface area (Å²) in [6.45, 7) is 1.60. The van der Waals surface area contributed by atoms with Gasteiger partial charge in [-0.15, -0.1) is 0 Å². The molecular weight excluding hydrogens is 445 g/mol. The van der Waals surface area contributed by atoms with Crippen LogP contribution in [-0.4, -0.2) is 70.0 Å². The second-order valence-electron chi connectivity index (χ2n) is 7.84. The second-order valence-corrected chi connectivity index (χ2v) is 9.95. The lowest BCUT2D eigenvalue weighted by Gasteiger charge is -2.45. The monoisotopic (exact) mass is 464 g/mol. The number of fused-ring (bicyclic) bond motifs is 1. The summed E-state index contributed by atoms with van der Waals surface area (Å²) in [5, 5.41) is -0.586. The van der Waals surface area contributed by atoms with Crippen molar-refractivity contribution in [2.45, 2.75) is 35.3 Å². The minimum absolute atomic E-state index is 0.00103. The van der Waals surface area contributed by atoms with Gasteiger partial charge >= 0.3 is 12.2 Å². The van der Waals surface area contributed by atoms with E-state index in [-0.39, 0.29) is 58.7 Å². The van der Waals surface area contributed by atoms with Crippen LogP contribution in [0.5, 0.6) is 0 Å². The summed E-state index contributed by atoms with van der Waals surface area (Å²) in [7, 11) is -1.62. The molecule has 1 aromatic rings. The van der Waals surface area contributed by atoms with Crippen molar-refractivity contribution in [3.63, 3.8) is 0 Å². The van der Waals surface area contributed by atoms with E-state index in [1.54, 1.807) is 9.80 Å². The lowest BCUT2D eigenvalue weighted by Crippen LogP contribution is -2.61. The summed E-state index contributed by atoms with van der Waals surface area (Å²) in [6.07, 6.45) is -3.43. The number of carbonyl (C=O) groups is 2. The number of halogens is 4. The molecule has 164 valence electrons. The zero-order valence-electron chi connectivity index (χ0n) is 15.9. The number of ether oxygens (including phenoxy) is 1. The number of hydrogen-bond acceptors (Lipinski definition) is 4. The van der Waals surface area contributed by atoms with Crippen LogP contribution in [0.4, 0.5) is 18.0 Å². The minimum Gasteiger partial charge on any atom is -0.370 e. The van der Waals surface area contributed by atoms with Crippen LogP contribution in [0, 0.1) is 5.92 Å². The van der Waals surface area contributed by atoms with E-state index in [4.69, 9.17) is 16.3 Å². The second kappa shape index (κ2) is 8.12. The lowest BCUT2D eigenvalue weighted by molar-refractivity contribution is -0.140. The SMILES string of the molecule is O=C1CO[C@H]2CCN(C(=O)N3CC(S(=O)c4ccc(C(F)(F)F)cc4Cl)C3)C[C@H]2C1. The third-order valence-corrected chi connectivity index (χ3v) is 7.90. The van der Waals surface area contributed by atoms with Crippen molar-refractivity contribution in [3.05, 3.63) is 28.8 Å². The quantitative estimate of drug-likeness (QED) is 0.675. The van der Waals surface area contributed by atoms with Gasteiger partial charge in [-0.3, -0.25) is 9.00 Å². The number of nitrogens with zero attached hydrogens (tertiary/aromatic N) is 2. The van der Waals surface area contributed by atoms with Crippen LogP contribution in [0.15, 0.2) is 23.1 Å². The number of alkyl halides is 3. The maximum Gasteiger partial charge on any atom is 0.416 e. The molecule has 0 spiro atoms. The number of piperidine rings is 1. The van der Waals surface area contributed by atoms with E-state index in [0.29, 0.717) is 25.9 Å². The van der Waals surface area contributed by atoms with Gasteiger partial charge in [0.05, 0.1) is 37.6 Å². The zero-order chi connectivity index (χ0) is 21.6. The normalized spacial score (nSPS) is 26.2. The molecule has 3 fully saturated rings. The van der Waals surface area contributed by atoms with Gasteiger partial charge in [-0.1, -0.05) is 11.6 Å². The summed E-state index contributed by atoms with van der Waals surface area (Å²) < 4.78 is 56.6. The fourth-order valence-corrected chi connectivity index (χ4v) is 5.95. The van der Waals surface area contributed by atoms with E-state index in [2.05, 4.69) is 0 Å². The molecule has 0 aliphatic carbocycles. The van der Waals surface area contributed by atoms with E-state index < -0.39 is 22.5 Å². The van der Waals surface area contributed by atoms with Gasteiger partial charge in [-0.25, -0.2) is 4.79 Å². The molecule has 6 nitrogen and oxygen atoms in total. The summed E-state index contributed by atoms with van der Waals surface area (Å²) >= 11 is 5.93. The van der Waals surface area contributed by atoms with Crippen LogP contribution in [0.25, 0.3) is 0 Å². The molecule has 11 heteroatoms. The van der Waals surface area contributed by atoms with E-state index in [1.807, 2.05) is 0 Å². The third kappa shape index (κ3) is 4.22. The molecule has 0 aromatic heterocycles. The number of amides is 2. The predicted molar refractivity (Wildman–Crippen MR) is 103 cm³/mol. The number of urea groups is 1. The molecule has 3 saturated heterocycles. The highest BCUT2D eigenvalue weighted by molar-refractivity contribution is 7.86. The molecular formula is C19H20ClF3N2O4S. The van der Waals surface area contributed by atoms with Crippen molar-refractivity contribution in [2.75, 3.05) is 32.8 Å². The Bertz CT molecular complexity index is 891. The topological polar surface area (TPSA) is 66.9 Å². The Hall–Kier alpha value is -1.65. The maximum absolute atomic E-state index is 12.8. The molecule has 3 heterocycles. The molecule has 3 aliphatic rings. The van der Waals surface area contributed by atoms with Crippen molar-refractivity contribution >= 4 is 34.2 Å². The first-order valence-corrected chi connectivity index (χ1v) is 11.2. The van der Waals surface area contributed by atoms with Crippen molar-refractivity contribution in [1.29, 1.82) is 0 Å². The average Bonchev–Trinajstić information content (AvgIpc) is 2.65. The molecule has 0 bridgehead atoms. The highest BCUT2D eigenvalue weighted by Crippen LogP contribution is 2.35. The molecule has 30 heavy (non-hydrogen) atoms. The zero-order valence-corrected chi connectivity index (χ0v) is 17.4. The van der Waals surface area contributed by atoms with Crippen molar-refractivity contribution in [1.82, 2.24) is 9.80 Å². The minimum atomic E-state index is -4.52. The Morgan fingerprint density at radius 1 is 1.20 bits per heavy atom. The van der Waals surface area contributed by atoms with Crippen molar-refractivity contribution < 1.29 is 31.7 Å². The van der Waals surface area contributed by atoms with Gasteiger partial charge in [0.25, 0.3) is 0 Å². The van der Waals surface area contributed by atoms with E-state index in [1.165, 1.54) is 0 Å². The van der Waals surface area contributed by atoms with Gasteiger partial charge in [-0.2, -0.15) is 13.2 Å². The van der Waals surface area contributed by atoms with Crippen LogP contribution in [0.3, 0.4) is 0 Å².